The third kappa shape index (κ3) is 3.46. The van der Waals surface area contributed by atoms with Crippen molar-refractivity contribution in [2.75, 3.05) is 0 Å². The SMILES string of the molecule is CCn1cc(C(=O)NC2CC2)c(=O)c2cc(CC3Cc4ccccc4C3)cnc21. The Hall–Kier alpha value is -2.95. The van der Waals surface area contributed by atoms with Gasteiger partial charge in [-0.3, -0.25) is 9.59 Å². The number of rotatable bonds is 5. The highest BCUT2D eigenvalue weighted by molar-refractivity contribution is 5.97. The fraction of sp³-hybridized carbons (Fsp3) is 0.375. The third-order valence-corrected chi connectivity index (χ3v) is 6.13. The van der Waals surface area contributed by atoms with E-state index >= 15 is 0 Å². The number of nitrogens with one attached hydrogen (secondary N) is 1. The van der Waals surface area contributed by atoms with Crippen molar-refractivity contribution in [3.63, 3.8) is 0 Å². The van der Waals surface area contributed by atoms with E-state index in [1.165, 1.54) is 11.1 Å². The first kappa shape index (κ1) is 18.1. The van der Waals surface area contributed by atoms with Gasteiger partial charge in [-0.25, -0.2) is 4.98 Å². The predicted molar refractivity (Wildman–Crippen MR) is 113 cm³/mol. The largest absolute Gasteiger partial charge is 0.349 e. The van der Waals surface area contributed by atoms with Crippen molar-refractivity contribution >= 4 is 16.9 Å². The van der Waals surface area contributed by atoms with Gasteiger partial charge in [0, 0.05) is 25.0 Å². The van der Waals surface area contributed by atoms with E-state index in [0.29, 0.717) is 23.5 Å². The number of carbonyl (C=O) groups excluding carboxylic acids is 1. The molecule has 5 heteroatoms. The van der Waals surface area contributed by atoms with Gasteiger partial charge in [-0.05, 0) is 67.7 Å². The Labute approximate surface area is 169 Å². The molecule has 1 saturated carbocycles. The van der Waals surface area contributed by atoms with E-state index in [2.05, 4.69) is 34.6 Å². The van der Waals surface area contributed by atoms with Gasteiger partial charge in [0.05, 0.1) is 5.39 Å². The van der Waals surface area contributed by atoms with Crippen molar-refractivity contribution in [1.29, 1.82) is 0 Å². The highest BCUT2D eigenvalue weighted by Gasteiger charge is 2.26. The lowest BCUT2D eigenvalue weighted by Gasteiger charge is -2.13. The Balaban J connectivity index is 1.47. The van der Waals surface area contributed by atoms with Gasteiger partial charge < -0.3 is 9.88 Å². The number of aryl methyl sites for hydroxylation is 1. The monoisotopic (exact) mass is 387 g/mol. The van der Waals surface area contributed by atoms with E-state index in [1.54, 1.807) is 6.20 Å². The van der Waals surface area contributed by atoms with Crippen molar-refractivity contribution < 1.29 is 4.79 Å². The highest BCUT2D eigenvalue weighted by Crippen LogP contribution is 2.29. The molecule has 1 N–H and O–H groups in total. The molecule has 0 aliphatic heterocycles. The number of nitrogens with zero attached hydrogens (tertiary/aromatic N) is 2. The summed E-state index contributed by atoms with van der Waals surface area (Å²) in [5.41, 5.74) is 4.58. The Kier molecular flexibility index (Phi) is 4.46. The maximum absolute atomic E-state index is 13.1. The van der Waals surface area contributed by atoms with Crippen molar-refractivity contribution in [3.8, 4) is 0 Å². The topological polar surface area (TPSA) is 64.0 Å². The van der Waals surface area contributed by atoms with Gasteiger partial charge in [0.1, 0.15) is 11.2 Å². The molecule has 148 valence electrons. The number of aromatic nitrogens is 2. The van der Waals surface area contributed by atoms with E-state index in [0.717, 1.165) is 37.7 Å². The first-order chi connectivity index (χ1) is 14.1. The van der Waals surface area contributed by atoms with Crippen LogP contribution < -0.4 is 10.7 Å². The number of hydrogen-bond acceptors (Lipinski definition) is 3. The molecule has 5 rings (SSSR count). The molecule has 5 nitrogen and oxygen atoms in total. The standard InChI is InChI=1S/C24H25N3O2/c1-2-27-14-21(24(29)26-19-7-8-19)22(28)20-12-16(13-25-23(20)27)9-15-10-17-5-3-4-6-18(17)11-15/h3-6,12-15,19H,2,7-11H2,1H3,(H,26,29). The van der Waals surface area contributed by atoms with E-state index in [1.807, 2.05) is 23.8 Å². The molecule has 1 aromatic carbocycles. The summed E-state index contributed by atoms with van der Waals surface area (Å²) in [5, 5.41) is 3.48. The van der Waals surface area contributed by atoms with Crippen LogP contribution in [0.3, 0.4) is 0 Å². The summed E-state index contributed by atoms with van der Waals surface area (Å²) in [6, 6.07) is 10.8. The summed E-state index contributed by atoms with van der Waals surface area (Å²) >= 11 is 0. The van der Waals surface area contributed by atoms with Crippen molar-refractivity contribution in [1.82, 2.24) is 14.9 Å². The fourth-order valence-corrected chi connectivity index (χ4v) is 4.45. The van der Waals surface area contributed by atoms with Crippen LogP contribution in [0.15, 0.2) is 47.5 Å². The van der Waals surface area contributed by atoms with Gasteiger partial charge in [-0.15, -0.1) is 0 Å². The third-order valence-electron chi connectivity index (χ3n) is 6.13. The summed E-state index contributed by atoms with van der Waals surface area (Å²) < 4.78 is 1.90. The molecule has 2 aliphatic rings. The first-order valence-electron chi connectivity index (χ1n) is 10.5. The Morgan fingerprint density at radius 1 is 1.21 bits per heavy atom. The van der Waals surface area contributed by atoms with Crippen LogP contribution in [0.4, 0.5) is 0 Å². The number of amides is 1. The lowest BCUT2D eigenvalue weighted by atomic mass is 9.97. The summed E-state index contributed by atoms with van der Waals surface area (Å²) in [5.74, 6) is 0.264. The zero-order valence-electron chi connectivity index (χ0n) is 16.6. The minimum Gasteiger partial charge on any atom is -0.349 e. The molecule has 2 heterocycles. The van der Waals surface area contributed by atoms with Crippen LogP contribution in [-0.2, 0) is 25.8 Å². The minimum absolute atomic E-state index is 0.216. The maximum Gasteiger partial charge on any atom is 0.256 e. The van der Waals surface area contributed by atoms with Gasteiger partial charge >= 0.3 is 0 Å². The lowest BCUT2D eigenvalue weighted by molar-refractivity contribution is 0.0949. The molecule has 0 bridgehead atoms. The molecule has 0 spiro atoms. The Morgan fingerprint density at radius 2 is 1.93 bits per heavy atom. The fourth-order valence-electron chi connectivity index (χ4n) is 4.45. The molecule has 29 heavy (non-hydrogen) atoms. The number of fused-ring (bicyclic) bond motifs is 2. The molecule has 2 aliphatic carbocycles. The van der Waals surface area contributed by atoms with E-state index in [4.69, 9.17) is 0 Å². The quantitative estimate of drug-likeness (QED) is 0.731. The smallest absolute Gasteiger partial charge is 0.256 e. The van der Waals surface area contributed by atoms with Crippen LogP contribution in [-0.4, -0.2) is 21.5 Å². The van der Waals surface area contributed by atoms with Gasteiger partial charge in [-0.1, -0.05) is 24.3 Å². The van der Waals surface area contributed by atoms with Crippen LogP contribution in [0.1, 0.15) is 46.8 Å². The highest BCUT2D eigenvalue weighted by atomic mass is 16.2. The predicted octanol–water partition coefficient (Wildman–Crippen LogP) is 3.27. The molecular weight excluding hydrogens is 362 g/mol. The number of hydrogen-bond donors (Lipinski definition) is 1. The Bertz CT molecular complexity index is 1140. The van der Waals surface area contributed by atoms with Crippen molar-refractivity contribution in [3.05, 3.63) is 75.2 Å². The van der Waals surface area contributed by atoms with Crippen LogP contribution in [0.5, 0.6) is 0 Å². The number of benzene rings is 1. The summed E-state index contributed by atoms with van der Waals surface area (Å²) in [6.45, 7) is 2.66. The molecule has 0 unspecified atom stereocenters. The van der Waals surface area contributed by atoms with Gasteiger partial charge in [0.2, 0.25) is 5.43 Å². The van der Waals surface area contributed by atoms with E-state index in [-0.39, 0.29) is 22.9 Å². The number of carbonyl (C=O) groups is 1. The summed E-state index contributed by atoms with van der Waals surface area (Å²) in [4.78, 5) is 30.3. The maximum atomic E-state index is 13.1. The zero-order chi connectivity index (χ0) is 20.0. The average Bonchev–Trinajstić information content (AvgIpc) is 3.44. The Morgan fingerprint density at radius 3 is 2.59 bits per heavy atom. The van der Waals surface area contributed by atoms with Gasteiger partial charge in [0.15, 0.2) is 0 Å². The van der Waals surface area contributed by atoms with Gasteiger partial charge in [0.25, 0.3) is 5.91 Å². The van der Waals surface area contributed by atoms with E-state index in [9.17, 15) is 9.59 Å². The molecule has 1 fully saturated rings. The lowest BCUT2D eigenvalue weighted by Crippen LogP contribution is -2.31. The molecule has 0 saturated heterocycles. The zero-order valence-corrected chi connectivity index (χ0v) is 16.6. The molecule has 2 aromatic heterocycles. The molecule has 3 aromatic rings. The molecule has 0 atom stereocenters. The second kappa shape index (κ2) is 7.14. The molecule has 1 amide bonds. The average molecular weight is 387 g/mol. The van der Waals surface area contributed by atoms with Gasteiger partial charge in [-0.2, -0.15) is 0 Å². The molecule has 0 radical (unpaired) electrons. The van der Waals surface area contributed by atoms with E-state index < -0.39 is 0 Å². The summed E-state index contributed by atoms with van der Waals surface area (Å²) in [6.07, 6.45) is 8.56. The van der Waals surface area contributed by atoms with Crippen molar-refractivity contribution in [2.45, 2.75) is 51.6 Å². The van der Waals surface area contributed by atoms with Crippen LogP contribution in [0.2, 0.25) is 0 Å². The van der Waals surface area contributed by atoms with Crippen LogP contribution >= 0.6 is 0 Å². The second-order valence-electron chi connectivity index (χ2n) is 8.37. The number of pyridine rings is 2. The first-order valence-corrected chi connectivity index (χ1v) is 10.5. The second-order valence-corrected chi connectivity index (χ2v) is 8.37. The molecular formula is C24H25N3O2. The normalized spacial score (nSPS) is 16.2. The van der Waals surface area contributed by atoms with Crippen LogP contribution in [0, 0.1) is 5.92 Å². The minimum atomic E-state index is -0.266. The summed E-state index contributed by atoms with van der Waals surface area (Å²) in [7, 11) is 0. The van der Waals surface area contributed by atoms with Crippen LogP contribution in [0.25, 0.3) is 11.0 Å². The van der Waals surface area contributed by atoms with Crippen molar-refractivity contribution in [2.24, 2.45) is 5.92 Å².